The van der Waals surface area contributed by atoms with Crippen molar-refractivity contribution >= 4 is 11.8 Å². The third-order valence-corrected chi connectivity index (χ3v) is 1.83. The summed E-state index contributed by atoms with van der Waals surface area (Å²) in [5.74, 6) is -0.236. The van der Waals surface area contributed by atoms with Crippen LogP contribution in [0.15, 0.2) is 37.0 Å². The fourth-order valence-corrected chi connectivity index (χ4v) is 0.978. The second kappa shape index (κ2) is 8.65. The number of esters is 1. The Kier molecular flexibility index (Phi) is 7.76. The molecule has 0 aliphatic rings. The quantitative estimate of drug-likeness (QED) is 0.288. The summed E-state index contributed by atoms with van der Waals surface area (Å²) in [6.07, 6.45) is 9.13. The monoisotopic (exact) mass is 222 g/mol. The summed E-state index contributed by atoms with van der Waals surface area (Å²) in [6.45, 7) is 6.74. The summed E-state index contributed by atoms with van der Waals surface area (Å²) < 4.78 is 4.95. The van der Waals surface area contributed by atoms with E-state index in [1.807, 2.05) is 13.0 Å². The first-order valence-electron chi connectivity index (χ1n) is 5.26. The van der Waals surface area contributed by atoms with Crippen LogP contribution in [-0.2, 0) is 14.3 Å². The van der Waals surface area contributed by atoms with E-state index in [2.05, 4.69) is 6.58 Å². The van der Waals surface area contributed by atoms with E-state index in [4.69, 9.17) is 4.74 Å². The Balaban J connectivity index is 3.97. The van der Waals surface area contributed by atoms with E-state index in [1.54, 1.807) is 18.2 Å². The zero-order valence-electron chi connectivity index (χ0n) is 9.81. The van der Waals surface area contributed by atoms with Crippen LogP contribution >= 0.6 is 0 Å². The summed E-state index contributed by atoms with van der Waals surface area (Å²) in [4.78, 5) is 21.6. The van der Waals surface area contributed by atoms with Crippen LogP contribution in [0, 0.1) is 0 Å². The highest BCUT2D eigenvalue weighted by molar-refractivity contribution is 5.89. The van der Waals surface area contributed by atoms with E-state index in [1.165, 1.54) is 13.0 Å². The third-order valence-electron chi connectivity index (χ3n) is 1.83. The Morgan fingerprint density at radius 2 is 2.06 bits per heavy atom. The fraction of sp³-hybridized carbons (Fsp3) is 0.385. The van der Waals surface area contributed by atoms with Crippen molar-refractivity contribution in [2.45, 2.75) is 32.8 Å². The summed E-state index contributed by atoms with van der Waals surface area (Å²) >= 11 is 0. The van der Waals surface area contributed by atoms with Crippen LogP contribution in [0.3, 0.4) is 0 Å². The van der Waals surface area contributed by atoms with Crippen molar-refractivity contribution < 1.29 is 14.3 Å². The molecule has 0 aromatic carbocycles. The van der Waals surface area contributed by atoms with Crippen molar-refractivity contribution in [3.05, 3.63) is 37.0 Å². The van der Waals surface area contributed by atoms with E-state index in [9.17, 15) is 9.59 Å². The Morgan fingerprint density at radius 3 is 2.56 bits per heavy atom. The van der Waals surface area contributed by atoms with Crippen molar-refractivity contribution in [2.75, 3.05) is 0 Å². The molecule has 0 unspecified atom stereocenters. The number of carbonyl (C=O) groups excluding carboxylic acids is 2. The Hall–Kier alpha value is -1.64. The molecule has 0 aliphatic heterocycles. The van der Waals surface area contributed by atoms with Crippen molar-refractivity contribution in [1.82, 2.24) is 0 Å². The van der Waals surface area contributed by atoms with Gasteiger partial charge in [0.1, 0.15) is 6.10 Å². The highest BCUT2D eigenvalue weighted by Crippen LogP contribution is 2.01. The van der Waals surface area contributed by atoms with Gasteiger partial charge in [0, 0.05) is 19.8 Å². The molecular weight excluding hydrogens is 204 g/mol. The highest BCUT2D eigenvalue weighted by Gasteiger charge is 2.03. The Bertz CT molecular complexity index is 300. The smallest absolute Gasteiger partial charge is 0.303 e. The summed E-state index contributed by atoms with van der Waals surface area (Å²) in [7, 11) is 0. The normalized spacial score (nSPS) is 12.9. The van der Waals surface area contributed by atoms with Crippen molar-refractivity contribution in [3.8, 4) is 0 Å². The Morgan fingerprint density at radius 1 is 1.38 bits per heavy atom. The highest BCUT2D eigenvalue weighted by atomic mass is 16.5. The molecule has 0 aromatic heterocycles. The number of hydrogen-bond acceptors (Lipinski definition) is 3. The van der Waals surface area contributed by atoms with Gasteiger partial charge in [0.15, 0.2) is 5.78 Å². The predicted molar refractivity (Wildman–Crippen MR) is 63.9 cm³/mol. The molecule has 1 atom stereocenters. The van der Waals surface area contributed by atoms with E-state index in [0.717, 1.165) is 0 Å². The molecule has 0 aliphatic carbocycles. The van der Waals surface area contributed by atoms with Gasteiger partial charge >= 0.3 is 5.97 Å². The molecule has 0 saturated heterocycles. The summed E-state index contributed by atoms with van der Waals surface area (Å²) in [5, 5.41) is 0. The number of rotatable bonds is 7. The van der Waals surface area contributed by atoms with Crippen LogP contribution in [0.25, 0.3) is 0 Å². The van der Waals surface area contributed by atoms with Crippen molar-refractivity contribution in [3.63, 3.8) is 0 Å². The number of ether oxygens (including phenoxy) is 1. The molecule has 3 heteroatoms. The minimum absolute atomic E-state index is 0.0879. The van der Waals surface area contributed by atoms with E-state index in [0.29, 0.717) is 12.8 Å². The zero-order chi connectivity index (χ0) is 12.4. The second-order valence-corrected chi connectivity index (χ2v) is 3.23. The number of hydrogen-bond donors (Lipinski definition) is 0. The Labute approximate surface area is 96.5 Å². The zero-order valence-corrected chi connectivity index (χ0v) is 9.81. The van der Waals surface area contributed by atoms with Crippen molar-refractivity contribution in [1.29, 1.82) is 0 Å². The molecule has 0 heterocycles. The number of carbonyl (C=O) groups is 2. The van der Waals surface area contributed by atoms with Crippen LogP contribution in [-0.4, -0.2) is 17.9 Å². The minimum atomic E-state index is -0.324. The average Bonchev–Trinajstić information content (AvgIpc) is 2.26. The van der Waals surface area contributed by atoms with Crippen LogP contribution < -0.4 is 0 Å². The van der Waals surface area contributed by atoms with Crippen molar-refractivity contribution in [2.24, 2.45) is 0 Å². The van der Waals surface area contributed by atoms with Gasteiger partial charge in [0.25, 0.3) is 0 Å². The fourth-order valence-electron chi connectivity index (χ4n) is 0.978. The van der Waals surface area contributed by atoms with Gasteiger partial charge in [-0.3, -0.25) is 9.59 Å². The van der Waals surface area contributed by atoms with E-state index >= 15 is 0 Å². The van der Waals surface area contributed by atoms with Gasteiger partial charge in [-0.05, 0) is 6.08 Å². The van der Waals surface area contributed by atoms with Gasteiger partial charge in [-0.15, -0.1) is 0 Å². The van der Waals surface area contributed by atoms with Gasteiger partial charge in [-0.25, -0.2) is 0 Å². The molecule has 0 radical (unpaired) electrons. The van der Waals surface area contributed by atoms with E-state index < -0.39 is 0 Å². The van der Waals surface area contributed by atoms with Gasteiger partial charge in [0.05, 0.1) is 0 Å². The lowest BCUT2D eigenvalue weighted by molar-refractivity contribution is -0.144. The molecule has 16 heavy (non-hydrogen) atoms. The summed E-state index contributed by atoms with van der Waals surface area (Å²) in [6, 6.07) is 0. The first-order chi connectivity index (χ1) is 7.60. The van der Waals surface area contributed by atoms with Crippen LogP contribution in [0.4, 0.5) is 0 Å². The molecule has 0 amide bonds. The van der Waals surface area contributed by atoms with E-state index in [-0.39, 0.29) is 17.9 Å². The minimum Gasteiger partial charge on any atom is -0.458 e. The average molecular weight is 222 g/mol. The van der Waals surface area contributed by atoms with Gasteiger partial charge in [0.2, 0.25) is 0 Å². The van der Waals surface area contributed by atoms with Crippen LogP contribution in [0.2, 0.25) is 0 Å². The lowest BCUT2D eigenvalue weighted by atomic mass is 10.2. The molecule has 0 spiro atoms. The van der Waals surface area contributed by atoms with Gasteiger partial charge < -0.3 is 4.74 Å². The first-order valence-corrected chi connectivity index (χ1v) is 5.26. The predicted octanol–water partition coefficient (Wildman–Crippen LogP) is 2.59. The maximum Gasteiger partial charge on any atom is 0.303 e. The first kappa shape index (κ1) is 14.4. The number of ketones is 1. The molecule has 0 aromatic rings. The largest absolute Gasteiger partial charge is 0.458 e. The summed E-state index contributed by atoms with van der Waals surface area (Å²) in [5.41, 5.74) is 0. The molecule has 3 nitrogen and oxygen atoms in total. The lowest BCUT2D eigenvalue weighted by Gasteiger charge is -2.09. The van der Waals surface area contributed by atoms with Crippen LogP contribution in [0.5, 0.6) is 0 Å². The SMILES string of the molecule is C=C[C@H](C/C=C\C=C\C(=O)CC)OC(C)=O. The standard InChI is InChI=1S/C13H18O3/c1-4-12(15)9-7-6-8-10-13(5-2)16-11(3)14/h5-9,13H,2,4,10H2,1,3H3/b8-6-,9-7+/t13-/m1/s1. The van der Waals surface area contributed by atoms with Gasteiger partial charge in [-0.1, -0.05) is 37.8 Å². The third kappa shape index (κ3) is 7.74. The molecule has 88 valence electrons. The molecule has 0 fully saturated rings. The number of allylic oxidation sites excluding steroid dienone is 3. The van der Waals surface area contributed by atoms with Crippen LogP contribution in [0.1, 0.15) is 26.7 Å². The lowest BCUT2D eigenvalue weighted by Crippen LogP contribution is -2.11. The second-order valence-electron chi connectivity index (χ2n) is 3.23. The molecule has 0 saturated carbocycles. The molecule has 0 N–H and O–H groups in total. The molecule has 0 rings (SSSR count). The molecular formula is C13H18O3. The topological polar surface area (TPSA) is 43.4 Å². The maximum absolute atomic E-state index is 10.9. The van der Waals surface area contributed by atoms with Gasteiger partial charge in [-0.2, -0.15) is 0 Å². The molecule has 0 bridgehead atoms. The maximum atomic E-state index is 10.9.